The number of rotatable bonds is 5. The Balaban J connectivity index is 3.00. The molecule has 0 bridgehead atoms. The normalized spacial score (nSPS) is 11.7. The molecule has 0 aliphatic heterocycles. The van der Waals surface area contributed by atoms with Crippen LogP contribution >= 0.6 is 0 Å². The Bertz CT molecular complexity index is 468. The van der Waals surface area contributed by atoms with Gasteiger partial charge in [-0.2, -0.15) is 0 Å². The van der Waals surface area contributed by atoms with Crippen LogP contribution in [0.5, 0.6) is 0 Å². The van der Waals surface area contributed by atoms with E-state index in [1.54, 1.807) is 6.08 Å². The van der Waals surface area contributed by atoms with E-state index < -0.39 is 12.0 Å². The number of nitrogens with zero attached hydrogens (tertiary/aromatic N) is 1. The molecule has 0 saturated heterocycles. The second-order valence-corrected chi connectivity index (χ2v) is 4.06. The van der Waals surface area contributed by atoms with Crippen LogP contribution in [0.2, 0.25) is 0 Å². The Morgan fingerprint density at radius 2 is 2.06 bits per heavy atom. The van der Waals surface area contributed by atoms with E-state index in [0.717, 1.165) is 11.1 Å². The maximum absolute atomic E-state index is 11.5. The number of carbonyl (C=O) groups excluding carboxylic acids is 1. The van der Waals surface area contributed by atoms with Crippen molar-refractivity contribution in [2.24, 2.45) is 0 Å². The van der Waals surface area contributed by atoms with Crippen molar-refractivity contribution in [3.8, 4) is 0 Å². The summed E-state index contributed by atoms with van der Waals surface area (Å²) in [4.78, 5) is 23.8. The molecule has 0 radical (unpaired) electrons. The van der Waals surface area contributed by atoms with Crippen LogP contribution in [0.25, 0.3) is 6.08 Å². The van der Waals surface area contributed by atoms with Crippen molar-refractivity contribution in [3.63, 3.8) is 0 Å². The van der Waals surface area contributed by atoms with E-state index in [9.17, 15) is 9.59 Å². The van der Waals surface area contributed by atoms with Gasteiger partial charge in [0.15, 0.2) is 0 Å². The summed E-state index contributed by atoms with van der Waals surface area (Å²) in [5.74, 6) is -1.27. The van der Waals surface area contributed by atoms with Crippen molar-refractivity contribution >= 4 is 18.0 Å². The number of carboxylic acids is 1. The van der Waals surface area contributed by atoms with Crippen LogP contribution < -0.4 is 0 Å². The highest BCUT2D eigenvalue weighted by Gasteiger charge is 2.23. The lowest BCUT2D eigenvalue weighted by Crippen LogP contribution is -2.41. The van der Waals surface area contributed by atoms with Gasteiger partial charge in [0.2, 0.25) is 5.91 Å². The number of benzene rings is 1. The molecule has 1 atom stereocenters. The molecule has 0 aliphatic rings. The fraction of sp³-hybridized carbons (Fsp3) is 0.286. The number of hydrogen-bond acceptors (Lipinski definition) is 2. The molecule has 1 aromatic carbocycles. The Kier molecular flexibility index (Phi) is 4.66. The summed E-state index contributed by atoms with van der Waals surface area (Å²) in [5, 5.41) is 8.99. The molecule has 0 aliphatic carbocycles. The zero-order valence-corrected chi connectivity index (χ0v) is 10.6. The highest BCUT2D eigenvalue weighted by molar-refractivity contribution is 5.82. The van der Waals surface area contributed by atoms with Crippen molar-refractivity contribution in [2.75, 3.05) is 0 Å². The van der Waals surface area contributed by atoms with E-state index in [4.69, 9.17) is 5.11 Å². The van der Waals surface area contributed by atoms with Crippen molar-refractivity contribution < 1.29 is 14.7 Å². The summed E-state index contributed by atoms with van der Waals surface area (Å²) in [6.45, 7) is 6.84. The number of hydrogen-bond donors (Lipinski definition) is 1. The maximum Gasteiger partial charge on any atom is 0.326 e. The monoisotopic (exact) mass is 247 g/mol. The summed E-state index contributed by atoms with van der Waals surface area (Å²) < 4.78 is 0. The van der Waals surface area contributed by atoms with Gasteiger partial charge in [0.25, 0.3) is 0 Å². The molecular formula is C14H17NO3. The molecule has 0 saturated carbocycles. The molecular weight excluding hydrogens is 230 g/mol. The number of amides is 1. The molecule has 1 rings (SSSR count). The van der Waals surface area contributed by atoms with Crippen molar-refractivity contribution in [3.05, 3.63) is 42.0 Å². The van der Waals surface area contributed by atoms with Crippen molar-refractivity contribution in [2.45, 2.75) is 26.4 Å². The molecule has 0 spiro atoms. The molecule has 4 heteroatoms. The highest BCUT2D eigenvalue weighted by Crippen LogP contribution is 2.15. The minimum absolute atomic E-state index is 0.260. The Morgan fingerprint density at radius 1 is 1.44 bits per heavy atom. The van der Waals surface area contributed by atoms with E-state index in [2.05, 4.69) is 6.58 Å². The van der Waals surface area contributed by atoms with Gasteiger partial charge in [-0.3, -0.25) is 4.79 Å². The SMILES string of the molecule is C=Cc1ccccc1CN(C(C)=O)C(C)C(=O)O. The molecule has 1 amide bonds. The summed E-state index contributed by atoms with van der Waals surface area (Å²) >= 11 is 0. The van der Waals surface area contributed by atoms with E-state index in [0.29, 0.717) is 0 Å². The predicted molar refractivity (Wildman–Crippen MR) is 69.9 cm³/mol. The van der Waals surface area contributed by atoms with Crippen molar-refractivity contribution in [1.29, 1.82) is 0 Å². The van der Waals surface area contributed by atoms with Crippen LogP contribution in [-0.4, -0.2) is 27.9 Å². The fourth-order valence-electron chi connectivity index (χ4n) is 1.72. The zero-order chi connectivity index (χ0) is 13.7. The van der Waals surface area contributed by atoms with Crippen LogP contribution in [0.4, 0.5) is 0 Å². The van der Waals surface area contributed by atoms with Gasteiger partial charge in [0, 0.05) is 13.5 Å². The predicted octanol–water partition coefficient (Wildman–Crippen LogP) is 2.15. The second-order valence-electron chi connectivity index (χ2n) is 4.06. The number of carboxylic acid groups (broad SMARTS) is 1. The van der Waals surface area contributed by atoms with Crippen LogP contribution in [0, 0.1) is 0 Å². The first kappa shape index (κ1) is 14.0. The Morgan fingerprint density at radius 3 is 2.56 bits per heavy atom. The van der Waals surface area contributed by atoms with Crippen LogP contribution in [-0.2, 0) is 16.1 Å². The zero-order valence-electron chi connectivity index (χ0n) is 10.6. The van der Waals surface area contributed by atoms with E-state index in [-0.39, 0.29) is 12.5 Å². The minimum Gasteiger partial charge on any atom is -0.480 e. The van der Waals surface area contributed by atoms with E-state index in [1.165, 1.54) is 18.7 Å². The standard InChI is InChI=1S/C14H17NO3/c1-4-12-7-5-6-8-13(12)9-15(11(3)16)10(2)14(17)18/h4-8,10H,1,9H2,2-3H3,(H,17,18). The highest BCUT2D eigenvalue weighted by atomic mass is 16.4. The van der Waals surface area contributed by atoms with Gasteiger partial charge in [-0.05, 0) is 18.1 Å². The third-order valence-electron chi connectivity index (χ3n) is 2.85. The van der Waals surface area contributed by atoms with Gasteiger partial charge in [0.05, 0.1) is 0 Å². The lowest BCUT2D eigenvalue weighted by atomic mass is 10.1. The van der Waals surface area contributed by atoms with Gasteiger partial charge in [0.1, 0.15) is 6.04 Å². The van der Waals surface area contributed by atoms with Crippen LogP contribution in [0.3, 0.4) is 0 Å². The Labute approximate surface area is 107 Å². The van der Waals surface area contributed by atoms with Gasteiger partial charge in [-0.15, -0.1) is 0 Å². The van der Waals surface area contributed by atoms with Crippen LogP contribution in [0.1, 0.15) is 25.0 Å². The molecule has 0 heterocycles. The first-order valence-corrected chi connectivity index (χ1v) is 5.67. The second kappa shape index (κ2) is 6.00. The summed E-state index contributed by atoms with van der Waals surface area (Å²) in [7, 11) is 0. The first-order chi connectivity index (χ1) is 8.47. The van der Waals surface area contributed by atoms with E-state index >= 15 is 0 Å². The number of carbonyl (C=O) groups is 2. The molecule has 0 fully saturated rings. The molecule has 18 heavy (non-hydrogen) atoms. The molecule has 1 N–H and O–H groups in total. The quantitative estimate of drug-likeness (QED) is 0.867. The third kappa shape index (κ3) is 3.20. The summed E-state index contributed by atoms with van der Waals surface area (Å²) in [6.07, 6.45) is 1.69. The van der Waals surface area contributed by atoms with Gasteiger partial charge >= 0.3 is 5.97 Å². The largest absolute Gasteiger partial charge is 0.480 e. The van der Waals surface area contributed by atoms with Gasteiger partial charge < -0.3 is 10.0 Å². The average molecular weight is 247 g/mol. The maximum atomic E-state index is 11.5. The van der Waals surface area contributed by atoms with E-state index in [1.807, 2.05) is 24.3 Å². The average Bonchev–Trinajstić information content (AvgIpc) is 2.35. The van der Waals surface area contributed by atoms with Gasteiger partial charge in [-0.1, -0.05) is 36.9 Å². The molecule has 96 valence electrons. The molecule has 1 unspecified atom stereocenters. The Hall–Kier alpha value is -2.10. The molecule has 0 aromatic heterocycles. The molecule has 4 nitrogen and oxygen atoms in total. The lowest BCUT2D eigenvalue weighted by Gasteiger charge is -2.25. The smallest absolute Gasteiger partial charge is 0.326 e. The first-order valence-electron chi connectivity index (χ1n) is 5.67. The third-order valence-corrected chi connectivity index (χ3v) is 2.85. The topological polar surface area (TPSA) is 57.6 Å². The van der Waals surface area contributed by atoms with Crippen molar-refractivity contribution in [1.82, 2.24) is 4.90 Å². The van der Waals surface area contributed by atoms with Crippen LogP contribution in [0.15, 0.2) is 30.8 Å². The summed E-state index contributed by atoms with van der Waals surface area (Å²) in [5.41, 5.74) is 1.79. The molecule has 1 aromatic rings. The minimum atomic E-state index is -1.01. The lowest BCUT2D eigenvalue weighted by molar-refractivity contribution is -0.149. The van der Waals surface area contributed by atoms with Gasteiger partial charge in [-0.25, -0.2) is 4.79 Å². The summed E-state index contributed by atoms with van der Waals surface area (Å²) in [6, 6.07) is 6.62. The fourth-order valence-corrected chi connectivity index (χ4v) is 1.72. The number of aliphatic carboxylic acids is 1.